The Balaban J connectivity index is 2.52. The fraction of sp³-hybridized carbons (Fsp3) is 0.400. The van der Waals surface area contributed by atoms with Crippen LogP contribution in [0.4, 0.5) is 0 Å². The first-order chi connectivity index (χ1) is 5.61. The number of ether oxygens (including phenoxy) is 1. The molecular weight excluding hydrogens is 170 g/mol. The van der Waals surface area contributed by atoms with Crippen LogP contribution >= 0.6 is 24.0 Å². The normalized spacial score (nSPS) is 26.5. The number of nitrogens with zero attached hydrogens (tertiary/aromatic N) is 1. The molecule has 0 aliphatic carbocycles. The van der Waals surface area contributed by atoms with E-state index in [9.17, 15) is 4.79 Å². The van der Waals surface area contributed by atoms with Gasteiger partial charge in [0.15, 0.2) is 6.04 Å². The number of carbonyl (C=O) groups is 1. The lowest BCUT2D eigenvalue weighted by atomic mass is 10.4. The van der Waals surface area contributed by atoms with Gasteiger partial charge in [0.1, 0.15) is 0 Å². The van der Waals surface area contributed by atoms with Crippen LogP contribution in [0.5, 0.6) is 0 Å². The van der Waals surface area contributed by atoms with Crippen LogP contribution in [-0.4, -0.2) is 28.8 Å². The van der Waals surface area contributed by atoms with Crippen molar-refractivity contribution >= 4 is 39.7 Å². The van der Waals surface area contributed by atoms with Crippen molar-refractivity contribution in [3.05, 3.63) is 0 Å². The highest BCUT2D eigenvalue weighted by atomic mass is 32.2. The summed E-state index contributed by atoms with van der Waals surface area (Å²) in [7, 11) is -1.61. The van der Waals surface area contributed by atoms with E-state index in [0.717, 1.165) is 0 Å². The first kappa shape index (κ1) is 5.26. The second-order valence-electron chi connectivity index (χ2n) is 1.53. The Morgan fingerprint density at radius 1 is 2.20 bits per heavy atom. The number of carbonyl (C=O) groups excluding carboxylic acids is 1. The van der Waals surface area contributed by atoms with Crippen molar-refractivity contribution < 1.29 is 12.3 Å². The number of esters is 1. The van der Waals surface area contributed by atoms with Gasteiger partial charge in [0.05, 0.1) is 19.5 Å². The maximum absolute atomic E-state index is 11.0. The molecule has 0 aromatic heterocycles. The van der Waals surface area contributed by atoms with Gasteiger partial charge in [-0.05, 0) is 0 Å². The predicted molar refractivity (Wildman–Crippen MR) is 44.5 cm³/mol. The average Bonchev–Trinajstić information content (AvgIpc) is 2.33. The average molecular weight is 177 g/mol. The molecule has 0 aromatic rings. The van der Waals surface area contributed by atoms with E-state index in [1.54, 1.807) is 0 Å². The molecule has 0 radical (unpaired) electrons. The summed E-state index contributed by atoms with van der Waals surface area (Å²) in [5, 5.41) is 0. The quantitative estimate of drug-likeness (QED) is 0.435. The first-order valence-corrected chi connectivity index (χ1v) is 3.67. The fourth-order valence-electron chi connectivity index (χ4n) is 0.490. The molecule has 0 N–H and O–H groups in total. The van der Waals surface area contributed by atoms with Crippen LogP contribution in [0.1, 0.15) is 2.74 Å². The SMILES string of the molecule is [2H]C([2H])OC(=O)C1N=CSC1=S. The predicted octanol–water partition coefficient (Wildman–Crippen LogP) is 0.631. The van der Waals surface area contributed by atoms with Crippen molar-refractivity contribution in [2.24, 2.45) is 4.99 Å². The van der Waals surface area contributed by atoms with E-state index in [2.05, 4.69) is 9.73 Å². The van der Waals surface area contributed by atoms with E-state index in [1.807, 2.05) is 0 Å². The van der Waals surface area contributed by atoms with Crippen LogP contribution in [0.3, 0.4) is 0 Å². The van der Waals surface area contributed by atoms with Crippen molar-refractivity contribution in [3.63, 3.8) is 0 Å². The minimum atomic E-state index is -1.61. The molecule has 1 unspecified atom stereocenters. The van der Waals surface area contributed by atoms with Crippen LogP contribution < -0.4 is 0 Å². The monoisotopic (exact) mass is 177 g/mol. The number of hydrogen-bond donors (Lipinski definition) is 0. The van der Waals surface area contributed by atoms with Crippen molar-refractivity contribution in [1.82, 2.24) is 0 Å². The van der Waals surface area contributed by atoms with Crippen molar-refractivity contribution in [2.75, 3.05) is 7.06 Å². The van der Waals surface area contributed by atoms with Crippen LogP contribution in [0.15, 0.2) is 4.99 Å². The summed E-state index contributed by atoms with van der Waals surface area (Å²) in [5.41, 5.74) is 1.46. The summed E-state index contributed by atoms with van der Waals surface area (Å²) < 4.78 is 18.0. The lowest BCUT2D eigenvalue weighted by Gasteiger charge is -2.01. The molecule has 0 spiro atoms. The molecule has 0 saturated carbocycles. The number of thiocarbonyl (C=S) groups is 1. The van der Waals surface area contributed by atoms with E-state index in [4.69, 9.17) is 15.0 Å². The molecule has 0 aromatic carbocycles. The van der Waals surface area contributed by atoms with Crippen LogP contribution in [0, 0.1) is 0 Å². The van der Waals surface area contributed by atoms with Gasteiger partial charge in [-0.2, -0.15) is 0 Å². The maximum Gasteiger partial charge on any atom is 0.336 e. The zero-order valence-corrected chi connectivity index (χ0v) is 6.45. The van der Waals surface area contributed by atoms with Gasteiger partial charge in [-0.15, -0.1) is 0 Å². The van der Waals surface area contributed by atoms with Gasteiger partial charge < -0.3 is 4.74 Å². The van der Waals surface area contributed by atoms with E-state index >= 15 is 0 Å². The molecular formula is C5H5NO2S2. The van der Waals surface area contributed by atoms with Gasteiger partial charge in [0.2, 0.25) is 0 Å². The highest BCUT2D eigenvalue weighted by Crippen LogP contribution is 2.16. The molecule has 1 heterocycles. The minimum absolute atomic E-state index is 0.403. The third-order valence-electron chi connectivity index (χ3n) is 0.941. The zero-order valence-electron chi connectivity index (χ0n) is 6.81. The Morgan fingerprint density at radius 2 is 3.00 bits per heavy atom. The van der Waals surface area contributed by atoms with Gasteiger partial charge >= 0.3 is 5.97 Å². The third kappa shape index (κ3) is 1.35. The molecule has 0 saturated heterocycles. The van der Waals surface area contributed by atoms with E-state index in [0.29, 0.717) is 4.20 Å². The fourth-order valence-corrected chi connectivity index (χ4v) is 1.35. The number of hydrogen-bond acceptors (Lipinski definition) is 5. The Morgan fingerprint density at radius 3 is 3.50 bits per heavy atom. The summed E-state index contributed by atoms with van der Waals surface area (Å²) in [6.07, 6.45) is 0. The number of methoxy groups -OCH3 is 1. The molecule has 10 heavy (non-hydrogen) atoms. The van der Waals surface area contributed by atoms with Crippen LogP contribution in [0.25, 0.3) is 0 Å². The second-order valence-corrected chi connectivity index (χ2v) is 3.12. The number of rotatable bonds is 1. The van der Waals surface area contributed by atoms with E-state index in [1.165, 1.54) is 17.3 Å². The summed E-state index contributed by atoms with van der Waals surface area (Å²) in [5.74, 6) is -0.726. The second kappa shape index (κ2) is 3.12. The molecule has 1 rings (SSSR count). The highest BCUT2D eigenvalue weighted by Gasteiger charge is 2.26. The Labute approximate surface area is 70.7 Å². The maximum atomic E-state index is 11.0. The lowest BCUT2D eigenvalue weighted by Crippen LogP contribution is -2.23. The van der Waals surface area contributed by atoms with Gasteiger partial charge in [-0.25, -0.2) is 4.79 Å². The van der Waals surface area contributed by atoms with Crippen molar-refractivity contribution in [1.29, 1.82) is 0 Å². The van der Waals surface area contributed by atoms with Crippen LogP contribution in [-0.2, 0) is 9.53 Å². The molecule has 1 aliphatic heterocycles. The lowest BCUT2D eigenvalue weighted by molar-refractivity contribution is -0.140. The van der Waals surface area contributed by atoms with Gasteiger partial charge in [0.25, 0.3) is 0 Å². The number of aliphatic imine (C=N–C) groups is 1. The van der Waals surface area contributed by atoms with E-state index in [-0.39, 0.29) is 0 Å². The largest absolute Gasteiger partial charge is 0.467 e. The molecule has 0 fully saturated rings. The molecule has 1 atom stereocenters. The summed E-state index contributed by atoms with van der Waals surface area (Å²) in [6, 6.07) is -0.803. The van der Waals surface area contributed by atoms with Gasteiger partial charge in [-0.3, -0.25) is 4.99 Å². The first-order valence-electron chi connectivity index (χ1n) is 3.54. The minimum Gasteiger partial charge on any atom is -0.467 e. The Bertz CT molecular complexity index is 244. The molecule has 0 amide bonds. The number of thioether (sulfide) groups is 1. The summed E-state index contributed by atoms with van der Waals surface area (Å²) in [4.78, 5) is 14.7. The summed E-state index contributed by atoms with van der Waals surface area (Å²) in [6.45, 7) is 0. The standard InChI is InChI=1S/C5H5NO2S2/c1-8-4(7)3-5(9)10-2-6-3/h2-3H,1H3/i1D2. The topological polar surface area (TPSA) is 38.7 Å². The zero-order chi connectivity index (χ0) is 9.14. The Kier molecular flexibility index (Phi) is 1.64. The van der Waals surface area contributed by atoms with Crippen molar-refractivity contribution in [2.45, 2.75) is 6.04 Å². The van der Waals surface area contributed by atoms with Gasteiger partial charge in [-0.1, -0.05) is 24.0 Å². The summed E-state index contributed by atoms with van der Waals surface area (Å²) >= 11 is 5.96. The molecule has 54 valence electrons. The van der Waals surface area contributed by atoms with Crippen molar-refractivity contribution in [3.8, 4) is 0 Å². The molecule has 1 aliphatic rings. The molecule has 3 nitrogen and oxygen atoms in total. The highest BCUT2D eigenvalue weighted by molar-refractivity contribution is 8.32. The van der Waals surface area contributed by atoms with Gasteiger partial charge in [0, 0.05) is 0 Å². The molecule has 0 bridgehead atoms. The smallest absolute Gasteiger partial charge is 0.336 e. The molecule has 5 heteroatoms. The third-order valence-corrected chi connectivity index (χ3v) is 2.14. The van der Waals surface area contributed by atoms with E-state index < -0.39 is 19.1 Å². The van der Waals surface area contributed by atoms with Crippen LogP contribution in [0.2, 0.25) is 0 Å². The Hall–Kier alpha value is -0.420.